The van der Waals surface area contributed by atoms with Crippen LogP contribution in [0.4, 0.5) is 0 Å². The van der Waals surface area contributed by atoms with Crippen LogP contribution in [0.1, 0.15) is 11.1 Å². The first-order valence-corrected chi connectivity index (χ1v) is 7.36. The summed E-state index contributed by atoms with van der Waals surface area (Å²) in [5.41, 5.74) is 4.70. The van der Waals surface area contributed by atoms with Crippen LogP contribution in [-0.2, 0) is 0 Å². The number of aryl methyl sites for hydroxylation is 2. The lowest BCUT2D eigenvalue weighted by Crippen LogP contribution is -1.80. The third kappa shape index (κ3) is 3.12. The zero-order chi connectivity index (χ0) is 15.4. The second kappa shape index (κ2) is 6.35. The van der Waals surface area contributed by atoms with E-state index in [0.29, 0.717) is 0 Å². The quantitative estimate of drug-likeness (QED) is 0.450. The molecule has 22 heavy (non-hydrogen) atoms. The molecule has 0 radical (unpaired) electrons. The van der Waals surface area contributed by atoms with E-state index in [9.17, 15) is 0 Å². The van der Waals surface area contributed by atoms with Crippen LogP contribution in [0.3, 0.4) is 0 Å². The molecule has 0 fully saturated rings. The largest absolute Gasteiger partial charge is 0.256 e. The minimum Gasteiger partial charge on any atom is -0.256 e. The van der Waals surface area contributed by atoms with Crippen molar-refractivity contribution < 1.29 is 0 Å². The number of pyridine rings is 2. The number of hydrogen-bond donors (Lipinski definition) is 0. The Bertz CT molecular complexity index is 902. The molecule has 0 N–H and O–H groups in total. The van der Waals surface area contributed by atoms with Gasteiger partial charge in [-0.1, -0.05) is 42.0 Å². The lowest BCUT2D eigenvalue weighted by Gasteiger charge is -1.97. The molecule has 0 saturated carbocycles. The van der Waals surface area contributed by atoms with Crippen LogP contribution < -0.4 is 0 Å². The molecule has 0 atom stereocenters. The summed E-state index contributed by atoms with van der Waals surface area (Å²) in [5.74, 6) is 0. The summed E-state index contributed by atoms with van der Waals surface area (Å²) in [6, 6.07) is 20.6. The van der Waals surface area contributed by atoms with Gasteiger partial charge in [-0.2, -0.15) is 0 Å². The van der Waals surface area contributed by atoms with Gasteiger partial charge in [-0.05, 0) is 43.7 Å². The standard InChI is InChI=1S/2C10H9N/c1-8-4-2-5-9-6-3-7-11-10(8)9;1-8-4-5-10-9(7-8)3-2-6-11-10/h2*2-7H,1H3. The molecule has 108 valence electrons. The summed E-state index contributed by atoms with van der Waals surface area (Å²) in [5, 5.41) is 2.43. The highest BCUT2D eigenvalue weighted by molar-refractivity contribution is 5.81. The van der Waals surface area contributed by atoms with Crippen LogP contribution in [0.2, 0.25) is 0 Å². The van der Waals surface area contributed by atoms with E-state index in [1.54, 1.807) is 0 Å². The molecule has 0 bridgehead atoms. The Morgan fingerprint density at radius 2 is 1.41 bits per heavy atom. The topological polar surface area (TPSA) is 25.8 Å². The zero-order valence-electron chi connectivity index (χ0n) is 12.8. The minimum atomic E-state index is 1.07. The Morgan fingerprint density at radius 1 is 0.682 bits per heavy atom. The SMILES string of the molecule is Cc1ccc2ncccc2c1.Cc1cccc2cccnc12. The Kier molecular flexibility index (Phi) is 4.10. The molecule has 2 aromatic heterocycles. The van der Waals surface area contributed by atoms with E-state index in [2.05, 4.69) is 66.3 Å². The normalized spacial score (nSPS) is 10.3. The van der Waals surface area contributed by atoms with Crippen molar-refractivity contribution in [2.75, 3.05) is 0 Å². The first kappa shape index (κ1) is 14.2. The molecule has 4 aromatic rings. The first-order valence-electron chi connectivity index (χ1n) is 7.36. The predicted octanol–water partition coefficient (Wildman–Crippen LogP) is 5.09. The minimum absolute atomic E-state index is 1.07. The summed E-state index contributed by atoms with van der Waals surface area (Å²) >= 11 is 0. The lowest BCUT2D eigenvalue weighted by molar-refractivity contribution is 1.37. The average molecular weight is 286 g/mol. The van der Waals surface area contributed by atoms with Gasteiger partial charge >= 0.3 is 0 Å². The highest BCUT2D eigenvalue weighted by atomic mass is 14.6. The molecule has 0 aliphatic carbocycles. The molecule has 2 aromatic carbocycles. The van der Waals surface area contributed by atoms with Crippen molar-refractivity contribution in [3.8, 4) is 0 Å². The van der Waals surface area contributed by atoms with Gasteiger partial charge in [0.25, 0.3) is 0 Å². The van der Waals surface area contributed by atoms with Gasteiger partial charge in [-0.25, -0.2) is 0 Å². The molecule has 2 heterocycles. The second-order valence-corrected chi connectivity index (χ2v) is 5.35. The molecular formula is C20H18N2. The van der Waals surface area contributed by atoms with Gasteiger partial charge in [0.2, 0.25) is 0 Å². The fraction of sp³-hybridized carbons (Fsp3) is 0.100. The molecule has 4 rings (SSSR count). The van der Waals surface area contributed by atoms with Crippen LogP contribution in [-0.4, -0.2) is 9.97 Å². The van der Waals surface area contributed by atoms with E-state index in [-0.39, 0.29) is 0 Å². The summed E-state index contributed by atoms with van der Waals surface area (Å²) in [4.78, 5) is 8.50. The van der Waals surface area contributed by atoms with Crippen LogP contribution >= 0.6 is 0 Å². The number of nitrogens with zero attached hydrogens (tertiary/aromatic N) is 2. The van der Waals surface area contributed by atoms with Crippen molar-refractivity contribution in [1.82, 2.24) is 9.97 Å². The molecule has 2 heteroatoms. The van der Waals surface area contributed by atoms with E-state index in [4.69, 9.17) is 0 Å². The fourth-order valence-corrected chi connectivity index (χ4v) is 2.45. The lowest BCUT2D eigenvalue weighted by atomic mass is 10.1. The maximum absolute atomic E-state index is 4.28. The maximum atomic E-state index is 4.28. The van der Waals surface area contributed by atoms with E-state index in [1.807, 2.05) is 30.6 Å². The molecule has 0 aliphatic rings. The van der Waals surface area contributed by atoms with E-state index >= 15 is 0 Å². The number of para-hydroxylation sites is 1. The summed E-state index contributed by atoms with van der Waals surface area (Å²) in [6.45, 7) is 4.17. The van der Waals surface area contributed by atoms with Gasteiger partial charge < -0.3 is 0 Å². The third-order valence-electron chi connectivity index (χ3n) is 3.59. The Labute approximate surface area is 130 Å². The van der Waals surface area contributed by atoms with Crippen molar-refractivity contribution in [3.63, 3.8) is 0 Å². The summed E-state index contributed by atoms with van der Waals surface area (Å²) in [6.07, 6.45) is 3.65. The summed E-state index contributed by atoms with van der Waals surface area (Å²) in [7, 11) is 0. The monoisotopic (exact) mass is 286 g/mol. The van der Waals surface area contributed by atoms with Crippen molar-refractivity contribution in [1.29, 1.82) is 0 Å². The van der Waals surface area contributed by atoms with Gasteiger partial charge in [0, 0.05) is 23.2 Å². The fourth-order valence-electron chi connectivity index (χ4n) is 2.45. The molecule has 0 saturated heterocycles. The van der Waals surface area contributed by atoms with E-state index in [1.165, 1.54) is 21.9 Å². The van der Waals surface area contributed by atoms with Crippen LogP contribution in [0.25, 0.3) is 21.8 Å². The highest BCUT2D eigenvalue weighted by Crippen LogP contribution is 2.14. The van der Waals surface area contributed by atoms with Crippen molar-refractivity contribution in [2.45, 2.75) is 13.8 Å². The van der Waals surface area contributed by atoms with Gasteiger partial charge in [0.05, 0.1) is 11.0 Å². The van der Waals surface area contributed by atoms with Crippen molar-refractivity contribution >= 4 is 21.8 Å². The second-order valence-electron chi connectivity index (χ2n) is 5.35. The first-order chi connectivity index (χ1) is 10.7. The number of rotatable bonds is 0. The summed E-state index contributed by atoms with van der Waals surface area (Å²) < 4.78 is 0. The Hall–Kier alpha value is -2.74. The third-order valence-corrected chi connectivity index (χ3v) is 3.59. The van der Waals surface area contributed by atoms with E-state index in [0.717, 1.165) is 11.0 Å². The molecular weight excluding hydrogens is 268 g/mol. The molecule has 0 spiro atoms. The van der Waals surface area contributed by atoms with Gasteiger partial charge in [0.1, 0.15) is 0 Å². The molecule has 0 amide bonds. The molecule has 2 nitrogen and oxygen atoms in total. The molecule has 0 aliphatic heterocycles. The Morgan fingerprint density at radius 3 is 2.23 bits per heavy atom. The van der Waals surface area contributed by atoms with Crippen LogP contribution in [0, 0.1) is 13.8 Å². The van der Waals surface area contributed by atoms with Crippen molar-refractivity contribution in [3.05, 3.63) is 84.2 Å². The van der Waals surface area contributed by atoms with Gasteiger partial charge in [-0.15, -0.1) is 0 Å². The van der Waals surface area contributed by atoms with Crippen molar-refractivity contribution in [2.24, 2.45) is 0 Å². The van der Waals surface area contributed by atoms with Gasteiger partial charge in [0.15, 0.2) is 0 Å². The Balaban J connectivity index is 0.000000131. The zero-order valence-corrected chi connectivity index (χ0v) is 12.8. The van der Waals surface area contributed by atoms with E-state index < -0.39 is 0 Å². The number of benzene rings is 2. The van der Waals surface area contributed by atoms with Gasteiger partial charge in [-0.3, -0.25) is 9.97 Å². The number of aromatic nitrogens is 2. The predicted molar refractivity (Wildman–Crippen MR) is 93.0 cm³/mol. The number of hydrogen-bond acceptors (Lipinski definition) is 2. The van der Waals surface area contributed by atoms with Crippen LogP contribution in [0.5, 0.6) is 0 Å². The smallest absolute Gasteiger partial charge is 0.0731 e. The average Bonchev–Trinajstić information content (AvgIpc) is 2.56. The maximum Gasteiger partial charge on any atom is 0.0731 e. The number of fused-ring (bicyclic) bond motifs is 2. The van der Waals surface area contributed by atoms with Crippen LogP contribution in [0.15, 0.2) is 73.1 Å². The molecule has 0 unspecified atom stereocenters. The highest BCUT2D eigenvalue weighted by Gasteiger charge is 1.93.